The molecule has 0 aliphatic carbocycles. The molecule has 6 nitrogen and oxygen atoms in total. The number of rotatable bonds is 4. The quantitative estimate of drug-likeness (QED) is 0.326. The van der Waals surface area contributed by atoms with Crippen LogP contribution in [-0.4, -0.2) is 29.0 Å². The molecule has 1 N–H and O–H groups in total. The van der Waals surface area contributed by atoms with Gasteiger partial charge in [0.15, 0.2) is 5.76 Å². The monoisotopic (exact) mass is 462 g/mol. The van der Waals surface area contributed by atoms with Gasteiger partial charge in [-0.2, -0.15) is 0 Å². The maximum atomic E-state index is 13.4. The highest BCUT2D eigenvalue weighted by Gasteiger charge is 2.17. The Morgan fingerprint density at radius 3 is 2.54 bits per heavy atom. The largest absolute Gasteiger partial charge is 0.463 e. The second-order valence-corrected chi connectivity index (χ2v) is 9.08. The molecule has 1 fully saturated rings. The summed E-state index contributed by atoms with van der Waals surface area (Å²) >= 11 is 0. The zero-order valence-corrected chi connectivity index (χ0v) is 19.6. The Kier molecular flexibility index (Phi) is 5.41. The number of hydrogen-bond acceptors (Lipinski definition) is 5. The van der Waals surface area contributed by atoms with Gasteiger partial charge in [-0.15, -0.1) is 0 Å². The summed E-state index contributed by atoms with van der Waals surface area (Å²) in [7, 11) is 0. The van der Waals surface area contributed by atoms with E-state index in [0.29, 0.717) is 17.0 Å². The van der Waals surface area contributed by atoms with Crippen LogP contribution in [0.1, 0.15) is 35.2 Å². The number of aryl methyl sites for hydroxylation is 1. The number of carbonyl (C=O) groups excluding carboxylic acids is 1. The van der Waals surface area contributed by atoms with Crippen molar-refractivity contribution in [1.29, 1.82) is 0 Å². The fraction of sp³-hybridized carbons (Fsp3) is 0.207. The zero-order chi connectivity index (χ0) is 23.8. The minimum absolute atomic E-state index is 0.189. The van der Waals surface area contributed by atoms with Crippen molar-refractivity contribution in [2.75, 3.05) is 23.3 Å². The van der Waals surface area contributed by atoms with Crippen molar-refractivity contribution in [3.05, 3.63) is 84.1 Å². The van der Waals surface area contributed by atoms with E-state index in [1.165, 1.54) is 19.3 Å². The number of nitrogens with one attached hydrogen (secondary N) is 1. The van der Waals surface area contributed by atoms with Crippen LogP contribution >= 0.6 is 0 Å². The van der Waals surface area contributed by atoms with Crippen molar-refractivity contribution in [2.24, 2.45) is 0 Å². The summed E-state index contributed by atoms with van der Waals surface area (Å²) in [6, 6.07) is 21.2. The van der Waals surface area contributed by atoms with Crippen molar-refractivity contribution in [1.82, 2.24) is 9.97 Å². The first-order valence-corrected chi connectivity index (χ1v) is 12.1. The van der Waals surface area contributed by atoms with Crippen LogP contribution in [0.3, 0.4) is 0 Å². The van der Waals surface area contributed by atoms with Crippen LogP contribution in [0.25, 0.3) is 33.3 Å². The lowest BCUT2D eigenvalue weighted by molar-refractivity contribution is 0.102. The molecule has 35 heavy (non-hydrogen) atoms. The molecule has 0 atom stereocenters. The van der Waals surface area contributed by atoms with Crippen LogP contribution in [-0.2, 0) is 0 Å². The average molecular weight is 463 g/mol. The summed E-state index contributed by atoms with van der Waals surface area (Å²) in [5, 5.41) is 4.92. The van der Waals surface area contributed by atoms with E-state index in [9.17, 15) is 4.79 Å². The molecule has 5 aromatic rings. The van der Waals surface area contributed by atoms with E-state index < -0.39 is 0 Å². The number of hydrogen-bond donors (Lipinski definition) is 1. The molecule has 174 valence electrons. The molecule has 1 amide bonds. The van der Waals surface area contributed by atoms with Crippen LogP contribution in [0.2, 0.25) is 0 Å². The van der Waals surface area contributed by atoms with Crippen molar-refractivity contribution in [3.8, 4) is 11.5 Å². The first kappa shape index (κ1) is 21.4. The minimum atomic E-state index is -0.189. The third kappa shape index (κ3) is 4.12. The molecule has 0 bridgehead atoms. The first-order valence-electron chi connectivity index (χ1n) is 12.1. The predicted molar refractivity (Wildman–Crippen MR) is 140 cm³/mol. The number of benzene rings is 2. The molecular formula is C29H26N4O2. The van der Waals surface area contributed by atoms with Gasteiger partial charge < -0.3 is 14.6 Å². The van der Waals surface area contributed by atoms with E-state index >= 15 is 0 Å². The maximum absolute atomic E-state index is 13.4. The van der Waals surface area contributed by atoms with E-state index in [2.05, 4.69) is 28.2 Å². The number of piperidine rings is 1. The molecule has 0 spiro atoms. The molecule has 0 radical (unpaired) electrons. The third-order valence-electron chi connectivity index (χ3n) is 6.67. The normalized spacial score (nSPS) is 13.9. The van der Waals surface area contributed by atoms with Crippen molar-refractivity contribution in [2.45, 2.75) is 26.2 Å². The molecule has 6 rings (SSSR count). The van der Waals surface area contributed by atoms with Crippen LogP contribution in [0.15, 0.2) is 77.4 Å². The highest BCUT2D eigenvalue weighted by atomic mass is 16.3. The van der Waals surface area contributed by atoms with Crippen LogP contribution in [0, 0.1) is 6.92 Å². The number of fused-ring (bicyclic) bond motifs is 2. The van der Waals surface area contributed by atoms with Crippen LogP contribution in [0.5, 0.6) is 0 Å². The van der Waals surface area contributed by atoms with Crippen molar-refractivity contribution in [3.63, 3.8) is 0 Å². The highest BCUT2D eigenvalue weighted by Crippen LogP contribution is 2.29. The second-order valence-electron chi connectivity index (χ2n) is 9.08. The van der Waals surface area contributed by atoms with E-state index in [-0.39, 0.29) is 5.91 Å². The van der Waals surface area contributed by atoms with Gasteiger partial charge in [-0.1, -0.05) is 18.2 Å². The average Bonchev–Trinajstić information content (AvgIpc) is 3.44. The summed E-state index contributed by atoms with van der Waals surface area (Å²) < 4.78 is 5.53. The van der Waals surface area contributed by atoms with Gasteiger partial charge in [0.1, 0.15) is 11.5 Å². The third-order valence-corrected chi connectivity index (χ3v) is 6.67. The molecule has 0 saturated carbocycles. The predicted octanol–water partition coefficient (Wildman–Crippen LogP) is 6.59. The molecule has 3 aromatic heterocycles. The van der Waals surface area contributed by atoms with E-state index in [4.69, 9.17) is 9.40 Å². The number of anilines is 2. The molecule has 0 unspecified atom stereocenters. The number of nitrogens with zero attached hydrogens (tertiary/aromatic N) is 3. The van der Waals surface area contributed by atoms with E-state index in [0.717, 1.165) is 52.0 Å². The number of aromatic nitrogens is 2. The summed E-state index contributed by atoms with van der Waals surface area (Å²) in [4.78, 5) is 25.4. The van der Waals surface area contributed by atoms with E-state index in [1.807, 2.05) is 54.6 Å². The fourth-order valence-corrected chi connectivity index (χ4v) is 4.85. The summed E-state index contributed by atoms with van der Waals surface area (Å²) in [5.41, 5.74) is 4.76. The highest BCUT2D eigenvalue weighted by molar-refractivity contribution is 6.13. The molecule has 4 heterocycles. The molecular weight excluding hydrogens is 436 g/mol. The van der Waals surface area contributed by atoms with Crippen molar-refractivity contribution < 1.29 is 9.21 Å². The van der Waals surface area contributed by atoms with Gasteiger partial charge in [-0.3, -0.25) is 4.79 Å². The summed E-state index contributed by atoms with van der Waals surface area (Å²) in [6.45, 7) is 4.23. The lowest BCUT2D eigenvalue weighted by atomic mass is 10.1. The van der Waals surface area contributed by atoms with Gasteiger partial charge in [-0.25, -0.2) is 9.97 Å². The lowest BCUT2D eigenvalue weighted by Crippen LogP contribution is -2.30. The van der Waals surface area contributed by atoms with Gasteiger partial charge in [0.2, 0.25) is 0 Å². The smallest absolute Gasteiger partial charge is 0.256 e. The molecule has 1 saturated heterocycles. The second kappa shape index (κ2) is 8.87. The number of furan rings is 1. The summed E-state index contributed by atoms with van der Waals surface area (Å²) in [5.74, 6) is 1.48. The van der Waals surface area contributed by atoms with Gasteiger partial charge >= 0.3 is 0 Å². The molecule has 6 heteroatoms. The van der Waals surface area contributed by atoms with Gasteiger partial charge in [0.25, 0.3) is 5.91 Å². The van der Waals surface area contributed by atoms with Crippen LogP contribution in [0.4, 0.5) is 11.5 Å². The number of amides is 1. The van der Waals surface area contributed by atoms with Crippen molar-refractivity contribution >= 4 is 39.2 Å². The number of carbonyl (C=O) groups is 1. The van der Waals surface area contributed by atoms with Crippen LogP contribution < -0.4 is 10.2 Å². The standard InChI is InChI=1S/C29H26N4O2/c1-19-16-28(33-13-5-2-6-14-33)32-25-12-11-20(17-22(19)25)30-29(34)23-18-26(27-10-7-15-35-27)31-24-9-4-3-8-21(23)24/h3-4,7-12,15-18H,2,5-6,13-14H2,1H3,(H,30,34). The zero-order valence-electron chi connectivity index (χ0n) is 19.6. The van der Waals surface area contributed by atoms with E-state index in [1.54, 1.807) is 12.3 Å². The maximum Gasteiger partial charge on any atom is 0.256 e. The minimum Gasteiger partial charge on any atom is -0.463 e. The lowest BCUT2D eigenvalue weighted by Gasteiger charge is -2.28. The SMILES string of the molecule is Cc1cc(N2CCCCC2)nc2ccc(NC(=O)c3cc(-c4ccco4)nc4ccccc34)cc12. The fourth-order valence-electron chi connectivity index (χ4n) is 4.85. The Labute approximate surface area is 203 Å². The molecule has 1 aliphatic rings. The number of para-hydroxylation sites is 1. The first-order chi connectivity index (χ1) is 17.2. The van der Waals surface area contributed by atoms with Gasteiger partial charge in [-0.05, 0) is 80.3 Å². The summed E-state index contributed by atoms with van der Waals surface area (Å²) in [6.07, 6.45) is 5.33. The number of pyridine rings is 2. The molecule has 1 aliphatic heterocycles. The Bertz CT molecular complexity index is 1540. The van der Waals surface area contributed by atoms with Gasteiger partial charge in [0, 0.05) is 29.5 Å². The molecule has 2 aromatic carbocycles. The Hall–Kier alpha value is -4.19. The Morgan fingerprint density at radius 2 is 1.71 bits per heavy atom. The topological polar surface area (TPSA) is 71.3 Å². The Morgan fingerprint density at radius 1 is 0.886 bits per heavy atom. The Balaban J connectivity index is 1.34. The van der Waals surface area contributed by atoms with Gasteiger partial charge in [0.05, 0.1) is 22.9 Å².